The average Bonchev–Trinajstić information content (AvgIpc) is 3.24. The van der Waals surface area contributed by atoms with Crippen LogP contribution in [0.3, 0.4) is 0 Å². The SMILES string of the molecule is CC1=CC(C2CC(=O)N(Cc3ccccc3Cl)C2=O)CC2C(=O)N(Cc3ccccc3Cl)C(=O)C12. The molecule has 180 valence electrons. The summed E-state index contributed by atoms with van der Waals surface area (Å²) in [5.74, 6) is -2.91. The molecule has 2 aromatic rings. The van der Waals surface area contributed by atoms with E-state index in [4.69, 9.17) is 23.2 Å². The maximum absolute atomic E-state index is 13.3. The van der Waals surface area contributed by atoms with Crippen LogP contribution in [0.15, 0.2) is 60.2 Å². The smallest absolute Gasteiger partial charge is 0.237 e. The van der Waals surface area contributed by atoms with E-state index in [0.29, 0.717) is 27.6 Å². The lowest BCUT2D eigenvalue weighted by Gasteiger charge is -2.29. The van der Waals surface area contributed by atoms with Crippen molar-refractivity contribution in [3.8, 4) is 0 Å². The largest absolute Gasteiger partial charge is 0.278 e. The van der Waals surface area contributed by atoms with Crippen molar-refractivity contribution in [1.29, 1.82) is 0 Å². The third-order valence-electron chi connectivity index (χ3n) is 7.38. The van der Waals surface area contributed by atoms with Gasteiger partial charge in [0, 0.05) is 16.5 Å². The van der Waals surface area contributed by atoms with Crippen LogP contribution in [-0.4, -0.2) is 33.4 Å². The highest BCUT2D eigenvalue weighted by atomic mass is 35.5. The van der Waals surface area contributed by atoms with Gasteiger partial charge in [-0.05, 0) is 42.5 Å². The van der Waals surface area contributed by atoms with Crippen LogP contribution >= 0.6 is 23.2 Å². The van der Waals surface area contributed by atoms with Crippen molar-refractivity contribution in [2.24, 2.45) is 23.7 Å². The van der Waals surface area contributed by atoms with E-state index in [2.05, 4.69) is 0 Å². The van der Waals surface area contributed by atoms with Crippen LogP contribution in [0.25, 0.3) is 0 Å². The van der Waals surface area contributed by atoms with Crippen LogP contribution in [0, 0.1) is 23.7 Å². The Hall–Kier alpha value is -2.96. The number of allylic oxidation sites excluding steroid dienone is 1. The highest BCUT2D eigenvalue weighted by molar-refractivity contribution is 6.31. The van der Waals surface area contributed by atoms with Crippen molar-refractivity contribution in [3.05, 3.63) is 81.4 Å². The maximum atomic E-state index is 13.3. The zero-order chi connectivity index (χ0) is 24.9. The number of amides is 4. The second-order valence-electron chi connectivity index (χ2n) is 9.47. The molecule has 3 aliphatic rings. The quantitative estimate of drug-likeness (QED) is 0.433. The van der Waals surface area contributed by atoms with E-state index < -0.39 is 17.8 Å². The lowest BCUT2D eigenvalue weighted by atomic mass is 9.71. The Kier molecular flexibility index (Phi) is 6.28. The van der Waals surface area contributed by atoms with Gasteiger partial charge in [0.15, 0.2) is 0 Å². The van der Waals surface area contributed by atoms with Crippen LogP contribution in [0.5, 0.6) is 0 Å². The summed E-state index contributed by atoms with van der Waals surface area (Å²) in [4.78, 5) is 55.1. The molecular weight excluding hydrogens is 487 g/mol. The molecule has 1 aliphatic carbocycles. The lowest BCUT2D eigenvalue weighted by Crippen LogP contribution is -2.34. The molecule has 0 saturated carbocycles. The van der Waals surface area contributed by atoms with Crippen molar-refractivity contribution in [1.82, 2.24) is 9.80 Å². The van der Waals surface area contributed by atoms with Gasteiger partial charge < -0.3 is 0 Å². The first-order valence-electron chi connectivity index (χ1n) is 11.6. The molecule has 0 spiro atoms. The number of fused-ring (bicyclic) bond motifs is 1. The highest BCUT2D eigenvalue weighted by Gasteiger charge is 2.53. The summed E-state index contributed by atoms with van der Waals surface area (Å²) in [5, 5.41) is 1.00. The van der Waals surface area contributed by atoms with E-state index >= 15 is 0 Å². The van der Waals surface area contributed by atoms with Crippen LogP contribution < -0.4 is 0 Å². The van der Waals surface area contributed by atoms with Gasteiger partial charge in [-0.3, -0.25) is 29.0 Å². The Labute approximate surface area is 213 Å². The van der Waals surface area contributed by atoms with Gasteiger partial charge in [-0.2, -0.15) is 0 Å². The summed E-state index contributed by atoms with van der Waals surface area (Å²) in [6, 6.07) is 14.3. The van der Waals surface area contributed by atoms with Gasteiger partial charge in [-0.25, -0.2) is 0 Å². The predicted octanol–water partition coefficient (Wildman–Crippen LogP) is 4.64. The van der Waals surface area contributed by atoms with E-state index in [1.54, 1.807) is 36.4 Å². The third kappa shape index (κ3) is 4.19. The molecule has 0 radical (unpaired) electrons. The number of rotatable bonds is 5. The fourth-order valence-corrected chi connectivity index (χ4v) is 5.97. The number of benzene rings is 2. The normalized spacial score (nSPS) is 26.4. The molecular formula is C27H24Cl2N2O4. The molecule has 0 aromatic heterocycles. The fourth-order valence-electron chi connectivity index (χ4n) is 5.58. The van der Waals surface area contributed by atoms with Gasteiger partial charge in [0.05, 0.1) is 30.8 Å². The molecule has 4 amide bonds. The first kappa shape index (κ1) is 23.8. The zero-order valence-corrected chi connectivity index (χ0v) is 20.6. The molecule has 6 nitrogen and oxygen atoms in total. The van der Waals surface area contributed by atoms with E-state index in [0.717, 1.165) is 5.57 Å². The van der Waals surface area contributed by atoms with E-state index in [1.165, 1.54) is 9.80 Å². The summed E-state index contributed by atoms with van der Waals surface area (Å²) in [6.45, 7) is 2.07. The van der Waals surface area contributed by atoms with E-state index in [-0.39, 0.29) is 49.1 Å². The maximum Gasteiger partial charge on any atom is 0.237 e. The van der Waals surface area contributed by atoms with Crippen molar-refractivity contribution < 1.29 is 19.2 Å². The highest BCUT2D eigenvalue weighted by Crippen LogP contribution is 2.45. The number of likely N-dealkylation sites (tertiary alicyclic amines) is 2. The summed E-state index contributed by atoms with van der Waals surface area (Å²) in [6.07, 6.45) is 2.36. The molecule has 0 N–H and O–H groups in total. The minimum atomic E-state index is -0.554. The second kappa shape index (κ2) is 9.25. The van der Waals surface area contributed by atoms with Crippen LogP contribution in [0.4, 0.5) is 0 Å². The molecule has 8 heteroatoms. The Morgan fingerprint density at radius 3 is 1.91 bits per heavy atom. The predicted molar refractivity (Wildman–Crippen MR) is 131 cm³/mol. The molecule has 0 bridgehead atoms. The fraction of sp³-hybridized carbons (Fsp3) is 0.333. The Balaban J connectivity index is 1.34. The van der Waals surface area contributed by atoms with E-state index in [1.807, 2.05) is 25.1 Å². The number of hydrogen-bond donors (Lipinski definition) is 0. The Morgan fingerprint density at radius 1 is 0.771 bits per heavy atom. The number of nitrogens with zero attached hydrogens (tertiary/aromatic N) is 2. The molecule has 2 aromatic carbocycles. The van der Waals surface area contributed by atoms with Crippen molar-refractivity contribution >= 4 is 46.8 Å². The van der Waals surface area contributed by atoms with E-state index in [9.17, 15) is 19.2 Å². The lowest BCUT2D eigenvalue weighted by molar-refractivity contribution is -0.142. The van der Waals surface area contributed by atoms with Crippen molar-refractivity contribution in [2.75, 3.05) is 0 Å². The molecule has 2 saturated heterocycles. The van der Waals surface area contributed by atoms with Gasteiger partial charge in [0.2, 0.25) is 23.6 Å². The Bertz CT molecular complexity index is 1270. The van der Waals surface area contributed by atoms with Crippen LogP contribution in [-0.2, 0) is 32.3 Å². The molecule has 5 rings (SSSR count). The average molecular weight is 511 g/mol. The van der Waals surface area contributed by atoms with Crippen molar-refractivity contribution in [2.45, 2.75) is 32.9 Å². The summed E-state index contributed by atoms with van der Waals surface area (Å²) in [5.41, 5.74) is 2.19. The third-order valence-corrected chi connectivity index (χ3v) is 8.12. The van der Waals surface area contributed by atoms with Crippen LogP contribution in [0.1, 0.15) is 30.9 Å². The topological polar surface area (TPSA) is 74.8 Å². The number of halogens is 2. The van der Waals surface area contributed by atoms with Gasteiger partial charge in [-0.1, -0.05) is 71.2 Å². The standard InChI is InChI=1S/C27H24Cl2N2O4/c1-15-10-18(19-12-23(32)30(25(19)33)13-16-6-2-4-8-21(16)28)11-20-24(15)27(35)31(26(20)34)14-17-7-3-5-9-22(17)29/h2-10,18-20,24H,11-14H2,1H3. The van der Waals surface area contributed by atoms with Crippen molar-refractivity contribution in [3.63, 3.8) is 0 Å². The Morgan fingerprint density at radius 2 is 1.31 bits per heavy atom. The molecule has 4 unspecified atom stereocenters. The number of carbonyl (C=O) groups is 4. The number of hydrogen-bond acceptors (Lipinski definition) is 4. The summed E-state index contributed by atoms with van der Waals surface area (Å²) < 4.78 is 0. The summed E-state index contributed by atoms with van der Waals surface area (Å²) >= 11 is 12.5. The minimum absolute atomic E-state index is 0.0839. The molecule has 4 atom stereocenters. The summed E-state index contributed by atoms with van der Waals surface area (Å²) in [7, 11) is 0. The first-order valence-corrected chi connectivity index (χ1v) is 12.4. The number of imide groups is 2. The second-order valence-corrected chi connectivity index (χ2v) is 10.3. The molecule has 2 aliphatic heterocycles. The molecule has 2 fully saturated rings. The zero-order valence-electron chi connectivity index (χ0n) is 19.1. The first-order chi connectivity index (χ1) is 16.8. The van der Waals surface area contributed by atoms with Gasteiger partial charge >= 0.3 is 0 Å². The molecule has 2 heterocycles. The van der Waals surface area contributed by atoms with Crippen LogP contribution in [0.2, 0.25) is 10.0 Å². The van der Waals surface area contributed by atoms with Gasteiger partial charge in [0.25, 0.3) is 0 Å². The van der Waals surface area contributed by atoms with Gasteiger partial charge in [0.1, 0.15) is 0 Å². The van der Waals surface area contributed by atoms with Gasteiger partial charge in [-0.15, -0.1) is 0 Å². The number of carbonyl (C=O) groups excluding carboxylic acids is 4. The monoisotopic (exact) mass is 510 g/mol. The minimum Gasteiger partial charge on any atom is -0.278 e. The molecule has 35 heavy (non-hydrogen) atoms.